The molecule has 122 valence electrons. The number of anilines is 1. The highest BCUT2D eigenvalue weighted by Gasteiger charge is 2.32. The summed E-state index contributed by atoms with van der Waals surface area (Å²) in [5.41, 5.74) is 9.84. The van der Waals surface area contributed by atoms with Gasteiger partial charge in [-0.25, -0.2) is 9.97 Å². The standard InChI is InChI=1S/C19H21N5/c1-11-6-5-9-16(12(11)2)24-18(21)13(10-20)17-19(24)23-15-8-4-3-7-14(15)22-17/h3-4,7-8,11-12,16H,5-6,9,21H2,1-2H3/t11-,12+,16-/m0/s1. The van der Waals surface area contributed by atoms with Crippen LogP contribution < -0.4 is 5.73 Å². The number of nitrogens with zero attached hydrogens (tertiary/aromatic N) is 4. The summed E-state index contributed by atoms with van der Waals surface area (Å²) < 4.78 is 2.08. The van der Waals surface area contributed by atoms with Gasteiger partial charge in [-0.3, -0.25) is 0 Å². The monoisotopic (exact) mass is 319 g/mol. The molecule has 2 aromatic heterocycles. The second-order valence-corrected chi connectivity index (χ2v) is 6.96. The summed E-state index contributed by atoms with van der Waals surface area (Å²) in [6.45, 7) is 4.57. The van der Waals surface area contributed by atoms with Gasteiger partial charge in [-0.1, -0.05) is 38.8 Å². The van der Waals surface area contributed by atoms with E-state index in [9.17, 15) is 5.26 Å². The highest BCUT2D eigenvalue weighted by molar-refractivity contribution is 5.92. The smallest absolute Gasteiger partial charge is 0.162 e. The van der Waals surface area contributed by atoms with Crippen LogP contribution in [0.15, 0.2) is 24.3 Å². The van der Waals surface area contributed by atoms with Gasteiger partial charge in [0.1, 0.15) is 23.0 Å². The minimum atomic E-state index is 0.272. The molecule has 0 spiro atoms. The van der Waals surface area contributed by atoms with Crippen molar-refractivity contribution in [3.05, 3.63) is 29.8 Å². The average Bonchev–Trinajstić information content (AvgIpc) is 2.86. The minimum Gasteiger partial charge on any atom is -0.384 e. The van der Waals surface area contributed by atoms with E-state index in [1.807, 2.05) is 24.3 Å². The fourth-order valence-electron chi connectivity index (χ4n) is 4.05. The third-order valence-electron chi connectivity index (χ3n) is 5.64. The van der Waals surface area contributed by atoms with Crippen LogP contribution in [-0.2, 0) is 0 Å². The van der Waals surface area contributed by atoms with Crippen molar-refractivity contribution in [2.45, 2.75) is 39.2 Å². The lowest BCUT2D eigenvalue weighted by Gasteiger charge is -2.35. The highest BCUT2D eigenvalue weighted by Crippen LogP contribution is 2.42. The Morgan fingerprint density at radius 3 is 2.58 bits per heavy atom. The molecule has 0 radical (unpaired) electrons. The van der Waals surface area contributed by atoms with E-state index in [0.29, 0.717) is 28.7 Å². The number of aromatic nitrogens is 3. The van der Waals surface area contributed by atoms with Crippen LogP contribution in [0, 0.1) is 23.2 Å². The number of benzene rings is 1. The van der Waals surface area contributed by atoms with Crippen LogP contribution in [0.1, 0.15) is 44.7 Å². The molecule has 5 heteroatoms. The lowest BCUT2D eigenvalue weighted by Crippen LogP contribution is -2.28. The first-order valence-electron chi connectivity index (χ1n) is 8.58. The fourth-order valence-corrected chi connectivity index (χ4v) is 4.05. The molecule has 5 nitrogen and oxygen atoms in total. The van der Waals surface area contributed by atoms with Crippen LogP contribution in [0.4, 0.5) is 5.82 Å². The molecule has 2 heterocycles. The third-order valence-corrected chi connectivity index (χ3v) is 5.64. The van der Waals surface area contributed by atoms with Crippen LogP contribution in [0.3, 0.4) is 0 Å². The van der Waals surface area contributed by atoms with E-state index < -0.39 is 0 Å². The molecule has 1 aliphatic carbocycles. The summed E-state index contributed by atoms with van der Waals surface area (Å²) in [4.78, 5) is 9.49. The lowest BCUT2D eigenvalue weighted by molar-refractivity contribution is 0.191. The molecule has 0 aliphatic heterocycles. The number of hydrogen-bond acceptors (Lipinski definition) is 4. The van der Waals surface area contributed by atoms with Crippen molar-refractivity contribution in [3.63, 3.8) is 0 Å². The Bertz CT molecular complexity index is 965. The summed E-state index contributed by atoms with van der Waals surface area (Å²) in [6.07, 6.45) is 3.49. The first-order chi connectivity index (χ1) is 11.6. The minimum absolute atomic E-state index is 0.272. The maximum absolute atomic E-state index is 9.61. The Morgan fingerprint density at radius 2 is 1.88 bits per heavy atom. The summed E-state index contributed by atoms with van der Waals surface area (Å²) in [5, 5.41) is 9.61. The van der Waals surface area contributed by atoms with E-state index in [1.54, 1.807) is 0 Å². The Kier molecular flexibility index (Phi) is 3.42. The van der Waals surface area contributed by atoms with Crippen molar-refractivity contribution < 1.29 is 0 Å². The quantitative estimate of drug-likeness (QED) is 0.734. The molecule has 1 aliphatic rings. The number of para-hydroxylation sites is 2. The highest BCUT2D eigenvalue weighted by atomic mass is 15.1. The number of nitriles is 1. The first-order valence-corrected chi connectivity index (χ1v) is 8.58. The predicted octanol–water partition coefficient (Wildman–Crippen LogP) is 4.04. The molecule has 0 amide bonds. The van der Waals surface area contributed by atoms with Crippen molar-refractivity contribution in [1.29, 1.82) is 5.26 Å². The third kappa shape index (κ3) is 2.06. The molecule has 1 fully saturated rings. The van der Waals surface area contributed by atoms with E-state index in [4.69, 9.17) is 10.7 Å². The molecular formula is C19H21N5. The van der Waals surface area contributed by atoms with Gasteiger partial charge in [0.05, 0.1) is 11.0 Å². The van der Waals surface area contributed by atoms with Crippen molar-refractivity contribution in [2.24, 2.45) is 11.8 Å². The zero-order chi connectivity index (χ0) is 16.8. The summed E-state index contributed by atoms with van der Waals surface area (Å²) in [5.74, 6) is 1.64. The fraction of sp³-hybridized carbons (Fsp3) is 0.421. The normalized spacial score (nSPS) is 24.3. The molecule has 3 aromatic rings. The maximum Gasteiger partial charge on any atom is 0.162 e. The summed E-state index contributed by atoms with van der Waals surface area (Å²) in [7, 11) is 0. The molecule has 0 bridgehead atoms. The van der Waals surface area contributed by atoms with Crippen LogP contribution in [0.2, 0.25) is 0 Å². The van der Waals surface area contributed by atoms with Crippen molar-refractivity contribution in [3.8, 4) is 6.07 Å². The molecule has 0 saturated heterocycles. The van der Waals surface area contributed by atoms with Gasteiger partial charge in [0.25, 0.3) is 0 Å². The molecule has 24 heavy (non-hydrogen) atoms. The summed E-state index contributed by atoms with van der Waals surface area (Å²) >= 11 is 0. The van der Waals surface area contributed by atoms with Gasteiger partial charge < -0.3 is 10.3 Å². The average molecular weight is 319 g/mol. The van der Waals surface area contributed by atoms with Gasteiger partial charge >= 0.3 is 0 Å². The second kappa shape index (κ2) is 5.48. The van der Waals surface area contributed by atoms with E-state index in [1.165, 1.54) is 12.8 Å². The van der Waals surface area contributed by atoms with Gasteiger partial charge in [-0.15, -0.1) is 0 Å². The summed E-state index contributed by atoms with van der Waals surface area (Å²) in [6, 6.07) is 10.3. The second-order valence-electron chi connectivity index (χ2n) is 6.96. The predicted molar refractivity (Wildman–Crippen MR) is 95.4 cm³/mol. The van der Waals surface area contributed by atoms with Crippen LogP contribution in [0.5, 0.6) is 0 Å². The van der Waals surface area contributed by atoms with Crippen LogP contribution in [0.25, 0.3) is 22.2 Å². The zero-order valence-electron chi connectivity index (χ0n) is 14.0. The largest absolute Gasteiger partial charge is 0.384 e. The molecule has 4 rings (SSSR count). The van der Waals surface area contributed by atoms with Crippen molar-refractivity contribution in [1.82, 2.24) is 14.5 Å². The molecule has 3 atom stereocenters. The topological polar surface area (TPSA) is 80.5 Å². The van der Waals surface area contributed by atoms with E-state index in [0.717, 1.165) is 23.1 Å². The van der Waals surface area contributed by atoms with Crippen LogP contribution in [-0.4, -0.2) is 14.5 Å². The number of rotatable bonds is 1. The Balaban J connectivity index is 2.02. The number of hydrogen-bond donors (Lipinski definition) is 1. The molecule has 0 unspecified atom stereocenters. The van der Waals surface area contributed by atoms with Gasteiger partial charge in [-0.05, 0) is 30.4 Å². The van der Waals surface area contributed by atoms with Gasteiger partial charge in [0.15, 0.2) is 5.65 Å². The van der Waals surface area contributed by atoms with E-state index in [-0.39, 0.29) is 6.04 Å². The Hall–Kier alpha value is -2.61. The van der Waals surface area contributed by atoms with Gasteiger partial charge in [-0.2, -0.15) is 5.26 Å². The van der Waals surface area contributed by atoms with Crippen molar-refractivity contribution in [2.75, 3.05) is 5.73 Å². The Labute approximate surface area is 141 Å². The first kappa shape index (κ1) is 14.9. The van der Waals surface area contributed by atoms with Crippen LogP contribution >= 0.6 is 0 Å². The molecule has 2 N–H and O–H groups in total. The van der Waals surface area contributed by atoms with E-state index in [2.05, 4.69) is 29.5 Å². The molecule has 1 aromatic carbocycles. The molecule has 1 saturated carbocycles. The zero-order valence-corrected chi connectivity index (χ0v) is 14.0. The van der Waals surface area contributed by atoms with Gasteiger partial charge in [0.2, 0.25) is 0 Å². The lowest BCUT2D eigenvalue weighted by atomic mass is 9.78. The van der Waals surface area contributed by atoms with E-state index >= 15 is 0 Å². The number of nitrogens with two attached hydrogens (primary N) is 1. The Morgan fingerprint density at radius 1 is 1.17 bits per heavy atom. The molecular weight excluding hydrogens is 298 g/mol. The maximum atomic E-state index is 9.61. The van der Waals surface area contributed by atoms with Gasteiger partial charge in [0, 0.05) is 6.04 Å². The SMILES string of the molecule is C[C@@H]1[C@@H](C)CCC[C@@H]1n1c(N)c(C#N)c2nc3ccccc3nc21. The van der Waals surface area contributed by atoms with Crippen molar-refractivity contribution >= 4 is 28.0 Å². The number of nitrogen functional groups attached to an aromatic ring is 1. The number of fused-ring (bicyclic) bond motifs is 2.